The molecule has 1 saturated carbocycles. The summed E-state index contributed by atoms with van der Waals surface area (Å²) in [5, 5.41) is 0. The Morgan fingerprint density at radius 1 is 0.812 bits per heavy atom. The third-order valence-electron chi connectivity index (χ3n) is 8.03. The molecule has 0 radical (unpaired) electrons. The molecule has 32 heavy (non-hydrogen) atoms. The van der Waals surface area contributed by atoms with Gasteiger partial charge in [0, 0.05) is 6.07 Å². The molecule has 1 aliphatic heterocycles. The van der Waals surface area contributed by atoms with Gasteiger partial charge in [-0.05, 0) is 87.6 Å². The Hall–Kier alpha value is -0.978. The number of rotatable bonds is 8. The minimum Gasteiger partial charge on any atom is -0.543 e. The number of hydrogen-bond acceptors (Lipinski definition) is 4. The third kappa shape index (κ3) is 4.93. The van der Waals surface area contributed by atoms with Crippen molar-refractivity contribution in [2.45, 2.75) is 129 Å². The maximum Gasteiger partial charge on any atom is 0.495 e. The minimum atomic E-state index is -2.09. The quantitative estimate of drug-likeness (QED) is 0.397. The highest BCUT2D eigenvalue weighted by molar-refractivity contribution is 6.78. The summed E-state index contributed by atoms with van der Waals surface area (Å²) in [5.74, 6) is 1.77. The molecule has 2 aliphatic rings. The molecule has 180 valence electrons. The van der Waals surface area contributed by atoms with E-state index < -0.39 is 15.4 Å². The van der Waals surface area contributed by atoms with Gasteiger partial charge in [0.25, 0.3) is 8.32 Å². The first-order chi connectivity index (χ1) is 14.8. The average Bonchev–Trinajstić information content (AvgIpc) is 3.24. The van der Waals surface area contributed by atoms with Gasteiger partial charge in [0.1, 0.15) is 11.5 Å². The number of ether oxygens (including phenoxy) is 1. The Morgan fingerprint density at radius 2 is 1.28 bits per heavy atom. The van der Waals surface area contributed by atoms with Gasteiger partial charge in [-0.3, -0.25) is 0 Å². The normalized spacial score (nSPS) is 21.2. The van der Waals surface area contributed by atoms with Crippen LogP contribution in [0.2, 0.25) is 16.6 Å². The first kappa shape index (κ1) is 25.6. The highest BCUT2D eigenvalue weighted by Crippen LogP contribution is 2.43. The van der Waals surface area contributed by atoms with Crippen molar-refractivity contribution in [3.63, 3.8) is 0 Å². The van der Waals surface area contributed by atoms with Crippen molar-refractivity contribution in [2.24, 2.45) is 0 Å². The molecular formula is C26H45BO4Si. The van der Waals surface area contributed by atoms with Crippen molar-refractivity contribution < 1.29 is 18.5 Å². The molecule has 6 heteroatoms. The van der Waals surface area contributed by atoms with E-state index in [0.29, 0.717) is 22.7 Å². The van der Waals surface area contributed by atoms with E-state index in [1.165, 1.54) is 12.8 Å². The standard InChI is InChI=1S/C26H45BO4Si/c1-18(2)32(19(3)4,20(5)6)29-24-16-21(27-30-25(7,8)26(9,10)31-27)15-23(17-24)28-22-13-11-12-14-22/h15-20,22H,11-14H2,1-10H3. The average molecular weight is 461 g/mol. The lowest BCUT2D eigenvalue weighted by molar-refractivity contribution is 0.00578. The molecule has 3 rings (SSSR count). The Balaban J connectivity index is 2.00. The maximum atomic E-state index is 7.04. The minimum absolute atomic E-state index is 0.290. The Morgan fingerprint density at radius 3 is 1.75 bits per heavy atom. The van der Waals surface area contributed by atoms with Crippen LogP contribution in [0.3, 0.4) is 0 Å². The lowest BCUT2D eigenvalue weighted by atomic mass is 9.79. The molecule has 0 spiro atoms. The van der Waals surface area contributed by atoms with Crippen LogP contribution < -0.4 is 14.6 Å². The smallest absolute Gasteiger partial charge is 0.495 e. The van der Waals surface area contributed by atoms with Crippen LogP contribution in [0.1, 0.15) is 94.9 Å². The molecule has 0 bridgehead atoms. The number of benzene rings is 1. The fourth-order valence-electron chi connectivity index (χ4n) is 5.59. The Kier molecular flexibility index (Phi) is 7.49. The van der Waals surface area contributed by atoms with Crippen LogP contribution in [0.4, 0.5) is 0 Å². The van der Waals surface area contributed by atoms with Crippen LogP contribution in [-0.4, -0.2) is 32.7 Å². The highest BCUT2D eigenvalue weighted by Gasteiger charge is 2.52. The van der Waals surface area contributed by atoms with E-state index >= 15 is 0 Å². The molecule has 1 aromatic carbocycles. The molecule has 1 saturated heterocycles. The highest BCUT2D eigenvalue weighted by atomic mass is 28.4. The molecular weight excluding hydrogens is 415 g/mol. The summed E-state index contributed by atoms with van der Waals surface area (Å²) < 4.78 is 26.2. The summed E-state index contributed by atoms with van der Waals surface area (Å²) >= 11 is 0. The van der Waals surface area contributed by atoms with E-state index in [-0.39, 0.29) is 11.2 Å². The SMILES string of the molecule is CC(C)[Si](Oc1cc(OC2CCCC2)cc(B2OC(C)(C)C(C)(C)O2)c1)(C(C)C)C(C)C. The summed E-state index contributed by atoms with van der Waals surface area (Å²) in [4.78, 5) is 0. The summed E-state index contributed by atoms with van der Waals surface area (Å²) in [5.41, 5.74) is 1.72. The second-order valence-electron chi connectivity index (χ2n) is 11.8. The van der Waals surface area contributed by atoms with Crippen molar-refractivity contribution in [3.8, 4) is 11.5 Å². The third-order valence-corrected chi connectivity index (χ3v) is 14.0. The fourth-order valence-corrected chi connectivity index (χ4v) is 10.8. The van der Waals surface area contributed by atoms with Gasteiger partial charge in [0.2, 0.25) is 0 Å². The van der Waals surface area contributed by atoms with Crippen molar-refractivity contribution >= 4 is 20.9 Å². The maximum absolute atomic E-state index is 7.04. The van der Waals surface area contributed by atoms with Crippen LogP contribution >= 0.6 is 0 Å². The summed E-state index contributed by atoms with van der Waals surface area (Å²) in [6, 6.07) is 6.32. The molecule has 4 nitrogen and oxygen atoms in total. The van der Waals surface area contributed by atoms with Gasteiger partial charge in [-0.25, -0.2) is 0 Å². The lowest BCUT2D eigenvalue weighted by Gasteiger charge is -2.42. The van der Waals surface area contributed by atoms with Gasteiger partial charge >= 0.3 is 7.12 Å². The predicted octanol–water partition coefficient (Wildman–Crippen LogP) is 6.86. The summed E-state index contributed by atoms with van der Waals surface area (Å²) in [7, 11) is -2.52. The van der Waals surface area contributed by atoms with E-state index in [1.54, 1.807) is 0 Å². The number of hydrogen-bond donors (Lipinski definition) is 0. The van der Waals surface area contributed by atoms with E-state index in [1.807, 2.05) is 0 Å². The van der Waals surface area contributed by atoms with Crippen LogP contribution in [0.25, 0.3) is 0 Å². The van der Waals surface area contributed by atoms with E-state index in [2.05, 4.69) is 87.4 Å². The monoisotopic (exact) mass is 460 g/mol. The summed E-state index contributed by atoms with van der Waals surface area (Å²) in [6.07, 6.45) is 5.03. The van der Waals surface area contributed by atoms with Gasteiger partial charge in [-0.1, -0.05) is 41.5 Å². The molecule has 2 fully saturated rings. The second kappa shape index (κ2) is 9.34. The van der Waals surface area contributed by atoms with Gasteiger partial charge in [0.05, 0.1) is 17.3 Å². The molecule has 0 N–H and O–H groups in total. The topological polar surface area (TPSA) is 36.9 Å². The van der Waals surface area contributed by atoms with Gasteiger partial charge in [-0.15, -0.1) is 0 Å². The fraction of sp³-hybridized carbons (Fsp3) is 0.769. The zero-order valence-corrected chi connectivity index (χ0v) is 23.1. The molecule has 0 amide bonds. The van der Waals surface area contributed by atoms with Crippen LogP contribution in [0, 0.1) is 0 Å². The largest absolute Gasteiger partial charge is 0.543 e. The van der Waals surface area contributed by atoms with Crippen molar-refractivity contribution in [1.82, 2.24) is 0 Å². The van der Waals surface area contributed by atoms with Crippen LogP contribution in [0.5, 0.6) is 11.5 Å². The predicted molar refractivity (Wildman–Crippen MR) is 137 cm³/mol. The summed E-state index contributed by atoms with van der Waals surface area (Å²) in [6.45, 7) is 22.3. The zero-order chi connectivity index (χ0) is 23.9. The van der Waals surface area contributed by atoms with Gasteiger partial charge < -0.3 is 18.5 Å². The first-order valence-electron chi connectivity index (χ1n) is 12.6. The van der Waals surface area contributed by atoms with Crippen molar-refractivity contribution in [1.29, 1.82) is 0 Å². The van der Waals surface area contributed by atoms with Crippen LogP contribution in [-0.2, 0) is 9.31 Å². The van der Waals surface area contributed by atoms with Crippen LogP contribution in [0.15, 0.2) is 18.2 Å². The first-order valence-corrected chi connectivity index (χ1v) is 14.8. The van der Waals surface area contributed by atoms with Gasteiger partial charge in [-0.2, -0.15) is 0 Å². The lowest BCUT2D eigenvalue weighted by Crippen LogP contribution is -2.51. The molecule has 0 aromatic heterocycles. The second-order valence-corrected chi connectivity index (χ2v) is 17.1. The Labute approximate surface area is 198 Å². The molecule has 0 atom stereocenters. The molecule has 1 aromatic rings. The molecule has 1 heterocycles. The zero-order valence-electron chi connectivity index (χ0n) is 22.1. The molecule has 0 unspecified atom stereocenters. The van der Waals surface area contributed by atoms with E-state index in [9.17, 15) is 0 Å². The van der Waals surface area contributed by atoms with Crippen molar-refractivity contribution in [2.75, 3.05) is 0 Å². The van der Waals surface area contributed by atoms with Crippen molar-refractivity contribution in [3.05, 3.63) is 18.2 Å². The van der Waals surface area contributed by atoms with E-state index in [0.717, 1.165) is 29.8 Å². The molecule has 1 aliphatic carbocycles. The van der Waals surface area contributed by atoms with Gasteiger partial charge in [0.15, 0.2) is 0 Å². The Bertz CT molecular complexity index is 746. The van der Waals surface area contributed by atoms with E-state index in [4.69, 9.17) is 18.5 Å².